The fourth-order valence-corrected chi connectivity index (χ4v) is 5.63. The average Bonchev–Trinajstić information content (AvgIpc) is 3.64. The Kier molecular flexibility index (Phi) is 7.22. The smallest absolute Gasteiger partial charge is 0.141 e. The van der Waals surface area contributed by atoms with Gasteiger partial charge in [0.2, 0.25) is 0 Å². The van der Waals surface area contributed by atoms with E-state index in [1.807, 2.05) is 17.1 Å². The number of fused-ring (bicyclic) bond motifs is 2. The quantitative estimate of drug-likeness (QED) is 0.157. The van der Waals surface area contributed by atoms with Crippen molar-refractivity contribution in [3.8, 4) is 6.07 Å². The maximum atomic E-state index is 13.8. The molecule has 0 saturated carbocycles. The van der Waals surface area contributed by atoms with Gasteiger partial charge in [0.05, 0.1) is 38.6 Å². The standard InChI is InChI=1S/C30H27Cl2FN8/c1-16(2)41-15-27(39-40-41)30(21-4-3-5-26-20(21)8-9-35-26)38-19-10-22-28(37-18-6-7-25(33)23(31)11-18)17(13-34)14-36-29(22)24(32)12-19/h3-7,10-12,14-16,30,35,38-40H,8-9H2,1-2H3,(H,36,37)/t30-/m0/s1. The minimum atomic E-state index is -0.527. The van der Waals surface area contributed by atoms with E-state index in [0.29, 0.717) is 32.9 Å². The summed E-state index contributed by atoms with van der Waals surface area (Å²) in [5.41, 5.74) is 13.6. The summed E-state index contributed by atoms with van der Waals surface area (Å²) in [5, 5.41) is 23.3. The molecule has 0 saturated heterocycles. The summed E-state index contributed by atoms with van der Waals surface area (Å²) in [4.78, 5) is 4.46. The molecule has 3 aromatic carbocycles. The number of nitrogens with one attached hydrogen (secondary N) is 5. The number of aromatic nitrogens is 1. The lowest BCUT2D eigenvalue weighted by molar-refractivity contribution is 0.221. The van der Waals surface area contributed by atoms with Gasteiger partial charge >= 0.3 is 0 Å². The van der Waals surface area contributed by atoms with Crippen molar-refractivity contribution in [1.82, 2.24) is 21.0 Å². The highest BCUT2D eigenvalue weighted by molar-refractivity contribution is 6.36. The van der Waals surface area contributed by atoms with Crippen LogP contribution >= 0.6 is 23.2 Å². The summed E-state index contributed by atoms with van der Waals surface area (Å²) < 4.78 is 13.8. The molecule has 4 aromatic rings. The van der Waals surface area contributed by atoms with Crippen LogP contribution in [0.1, 0.15) is 36.6 Å². The molecule has 1 aromatic heterocycles. The van der Waals surface area contributed by atoms with Crippen molar-refractivity contribution in [2.45, 2.75) is 32.4 Å². The van der Waals surface area contributed by atoms with Crippen molar-refractivity contribution in [1.29, 1.82) is 5.26 Å². The van der Waals surface area contributed by atoms with E-state index < -0.39 is 5.82 Å². The molecule has 0 spiro atoms. The Morgan fingerprint density at radius 3 is 2.68 bits per heavy atom. The first-order valence-electron chi connectivity index (χ1n) is 13.2. The number of benzene rings is 3. The third kappa shape index (κ3) is 5.18. The SMILES string of the molecule is CC(C)N1C=C([C@@H](Nc2cc(Cl)c3ncc(C#N)c(Nc4ccc(F)c(Cl)c4)c3c2)c2cccc3c2CCN3)NN1. The van der Waals surface area contributed by atoms with Crippen LogP contribution in [0.25, 0.3) is 10.9 Å². The van der Waals surface area contributed by atoms with Crippen LogP contribution in [-0.4, -0.2) is 22.6 Å². The molecule has 3 heterocycles. The maximum Gasteiger partial charge on any atom is 0.141 e. The van der Waals surface area contributed by atoms with Crippen molar-refractivity contribution in [2.75, 3.05) is 22.5 Å². The number of nitrogens with zero attached hydrogens (tertiary/aromatic N) is 3. The topological polar surface area (TPSA) is 100 Å². The Bertz CT molecular complexity index is 1730. The molecule has 11 heteroatoms. The number of nitriles is 1. The van der Waals surface area contributed by atoms with Crippen LogP contribution in [-0.2, 0) is 6.42 Å². The monoisotopic (exact) mass is 588 g/mol. The maximum absolute atomic E-state index is 13.8. The Morgan fingerprint density at radius 2 is 1.93 bits per heavy atom. The van der Waals surface area contributed by atoms with Gasteiger partial charge in [-0.1, -0.05) is 35.3 Å². The minimum Gasteiger partial charge on any atom is -0.384 e. The van der Waals surface area contributed by atoms with Gasteiger partial charge in [-0.05, 0) is 67.8 Å². The van der Waals surface area contributed by atoms with Crippen LogP contribution in [0.4, 0.5) is 27.1 Å². The molecule has 0 radical (unpaired) electrons. The van der Waals surface area contributed by atoms with Gasteiger partial charge in [0.15, 0.2) is 0 Å². The lowest BCUT2D eigenvalue weighted by Gasteiger charge is -2.24. The highest BCUT2D eigenvalue weighted by Crippen LogP contribution is 2.39. The van der Waals surface area contributed by atoms with Gasteiger partial charge in [-0.25, -0.2) is 4.39 Å². The summed E-state index contributed by atoms with van der Waals surface area (Å²) >= 11 is 12.8. The third-order valence-electron chi connectivity index (χ3n) is 7.23. The highest BCUT2D eigenvalue weighted by Gasteiger charge is 2.28. The zero-order chi connectivity index (χ0) is 28.7. The summed E-state index contributed by atoms with van der Waals surface area (Å²) in [5.74, 6) is -0.527. The Balaban J connectivity index is 1.46. The summed E-state index contributed by atoms with van der Waals surface area (Å²) in [6.07, 6.45) is 4.45. The van der Waals surface area contributed by atoms with Gasteiger partial charge < -0.3 is 21.4 Å². The number of hydrazine groups is 2. The Morgan fingerprint density at radius 1 is 1.10 bits per heavy atom. The van der Waals surface area contributed by atoms with Crippen LogP contribution < -0.4 is 26.9 Å². The number of halogens is 3. The van der Waals surface area contributed by atoms with Gasteiger partial charge in [0.1, 0.15) is 11.9 Å². The predicted octanol–water partition coefficient (Wildman–Crippen LogP) is 6.99. The zero-order valence-corrected chi connectivity index (χ0v) is 23.8. The van der Waals surface area contributed by atoms with Crippen LogP contribution in [0.2, 0.25) is 10.0 Å². The molecular formula is C30H27Cl2FN8. The van der Waals surface area contributed by atoms with Gasteiger partial charge in [-0.2, -0.15) is 5.26 Å². The molecule has 0 aliphatic carbocycles. The van der Waals surface area contributed by atoms with Gasteiger partial charge in [0.25, 0.3) is 0 Å². The van der Waals surface area contributed by atoms with E-state index in [1.54, 1.807) is 6.07 Å². The van der Waals surface area contributed by atoms with E-state index >= 15 is 0 Å². The van der Waals surface area contributed by atoms with Crippen molar-refractivity contribution >= 4 is 56.9 Å². The second-order valence-corrected chi connectivity index (χ2v) is 11.0. The van der Waals surface area contributed by atoms with Gasteiger partial charge in [-0.15, -0.1) is 5.53 Å². The number of rotatable bonds is 7. The Labute approximate surface area is 247 Å². The molecule has 41 heavy (non-hydrogen) atoms. The van der Waals surface area contributed by atoms with Crippen molar-refractivity contribution < 1.29 is 4.39 Å². The predicted molar refractivity (Wildman–Crippen MR) is 162 cm³/mol. The lowest BCUT2D eigenvalue weighted by Crippen LogP contribution is -2.41. The number of anilines is 4. The van der Waals surface area contributed by atoms with Crippen LogP contribution in [0.5, 0.6) is 0 Å². The minimum absolute atomic E-state index is 0.0265. The molecule has 0 amide bonds. The summed E-state index contributed by atoms with van der Waals surface area (Å²) in [6, 6.07) is 16.5. The van der Waals surface area contributed by atoms with Crippen molar-refractivity contribution in [2.24, 2.45) is 0 Å². The second-order valence-electron chi connectivity index (χ2n) is 10.2. The fraction of sp³-hybridized carbons (Fsp3) is 0.200. The van der Waals surface area contributed by atoms with Crippen LogP contribution in [0.15, 0.2) is 66.6 Å². The molecule has 0 fully saturated rings. The van der Waals surface area contributed by atoms with Crippen LogP contribution in [0.3, 0.4) is 0 Å². The van der Waals surface area contributed by atoms with Crippen molar-refractivity contribution in [3.05, 3.63) is 99.2 Å². The van der Waals surface area contributed by atoms with Crippen LogP contribution in [0, 0.1) is 17.1 Å². The zero-order valence-electron chi connectivity index (χ0n) is 22.3. The molecule has 2 aliphatic heterocycles. The first kappa shape index (κ1) is 27.0. The van der Waals surface area contributed by atoms with Gasteiger partial charge in [0, 0.05) is 47.4 Å². The summed E-state index contributed by atoms with van der Waals surface area (Å²) in [6.45, 7) is 5.09. The number of hydrogen-bond acceptors (Lipinski definition) is 8. The first-order valence-corrected chi connectivity index (χ1v) is 14.0. The van der Waals surface area contributed by atoms with E-state index in [2.05, 4.69) is 76.2 Å². The first-order chi connectivity index (χ1) is 19.8. The van der Waals surface area contributed by atoms with Gasteiger partial charge in [-0.3, -0.25) is 9.99 Å². The largest absolute Gasteiger partial charge is 0.384 e. The van der Waals surface area contributed by atoms with Crippen molar-refractivity contribution in [3.63, 3.8) is 0 Å². The molecular weight excluding hydrogens is 562 g/mol. The molecule has 208 valence electrons. The lowest BCUT2D eigenvalue weighted by atomic mass is 9.96. The third-order valence-corrected chi connectivity index (χ3v) is 7.81. The average molecular weight is 590 g/mol. The van der Waals surface area contributed by atoms with E-state index in [0.717, 1.165) is 35.6 Å². The molecule has 8 nitrogen and oxygen atoms in total. The van der Waals surface area contributed by atoms with E-state index in [-0.39, 0.29) is 17.1 Å². The fourth-order valence-electron chi connectivity index (χ4n) is 5.18. The normalized spacial score (nSPS) is 14.8. The number of hydrogen-bond donors (Lipinski definition) is 5. The Hall–Kier alpha value is -4.23. The molecule has 5 N–H and O–H groups in total. The second kappa shape index (κ2) is 11.0. The van der Waals surface area contributed by atoms with E-state index in [4.69, 9.17) is 23.2 Å². The van der Waals surface area contributed by atoms with E-state index in [9.17, 15) is 9.65 Å². The highest BCUT2D eigenvalue weighted by atomic mass is 35.5. The summed E-state index contributed by atoms with van der Waals surface area (Å²) in [7, 11) is 0. The van der Waals surface area contributed by atoms with E-state index in [1.165, 1.54) is 23.9 Å². The molecule has 2 aliphatic rings. The molecule has 0 unspecified atom stereocenters. The number of pyridine rings is 1. The molecule has 0 bridgehead atoms. The molecule has 6 rings (SSSR count). The molecule has 1 atom stereocenters.